The fourth-order valence-electron chi connectivity index (χ4n) is 3.42. The third-order valence-corrected chi connectivity index (χ3v) is 4.94. The van der Waals surface area contributed by atoms with Gasteiger partial charge in [-0.25, -0.2) is 0 Å². The minimum atomic E-state index is -0.162. The average Bonchev–Trinajstić information content (AvgIpc) is 3.25. The molecule has 1 aromatic heterocycles. The quantitative estimate of drug-likeness (QED) is 0.875. The van der Waals surface area contributed by atoms with Crippen molar-refractivity contribution in [3.8, 4) is 0 Å². The van der Waals surface area contributed by atoms with Crippen LogP contribution >= 0.6 is 0 Å². The van der Waals surface area contributed by atoms with Crippen LogP contribution in [0, 0.1) is 6.92 Å². The standard InChI is InChI=1S/C20H27N3O2/c1-14(2)19-12-18(22-25-19)20(24)21-9-11-23-10-8-16(13-23)17-7-5-4-6-15(17)3/h4-7,12,14,16H,8-11,13H2,1-3H3,(H,21,24)/t16-/m0/s1. The molecular formula is C20H27N3O2. The highest BCUT2D eigenvalue weighted by Gasteiger charge is 2.24. The fourth-order valence-corrected chi connectivity index (χ4v) is 3.42. The van der Waals surface area contributed by atoms with Gasteiger partial charge in [0.2, 0.25) is 0 Å². The molecule has 5 heteroatoms. The molecular weight excluding hydrogens is 314 g/mol. The van der Waals surface area contributed by atoms with Gasteiger partial charge in [-0.1, -0.05) is 43.3 Å². The molecule has 2 aromatic rings. The van der Waals surface area contributed by atoms with Crippen LogP contribution < -0.4 is 5.32 Å². The third-order valence-electron chi connectivity index (χ3n) is 4.94. The highest BCUT2D eigenvalue weighted by molar-refractivity contribution is 5.92. The van der Waals surface area contributed by atoms with E-state index in [9.17, 15) is 4.79 Å². The molecule has 134 valence electrons. The maximum absolute atomic E-state index is 12.1. The van der Waals surface area contributed by atoms with Crippen molar-refractivity contribution in [2.45, 2.75) is 39.0 Å². The number of rotatable bonds is 6. The molecule has 1 aromatic carbocycles. The first-order chi connectivity index (χ1) is 12.0. The van der Waals surface area contributed by atoms with E-state index in [0.29, 0.717) is 18.2 Å². The van der Waals surface area contributed by atoms with Crippen molar-refractivity contribution in [2.75, 3.05) is 26.2 Å². The van der Waals surface area contributed by atoms with E-state index in [1.807, 2.05) is 13.8 Å². The summed E-state index contributed by atoms with van der Waals surface area (Å²) in [7, 11) is 0. The molecule has 1 atom stereocenters. The van der Waals surface area contributed by atoms with Crippen LogP contribution in [0.25, 0.3) is 0 Å². The molecule has 0 radical (unpaired) electrons. The maximum atomic E-state index is 12.1. The minimum Gasteiger partial charge on any atom is -0.360 e. The topological polar surface area (TPSA) is 58.4 Å². The number of carbonyl (C=O) groups excluding carboxylic acids is 1. The molecule has 0 unspecified atom stereocenters. The second-order valence-electron chi connectivity index (χ2n) is 7.17. The molecule has 1 amide bonds. The number of nitrogens with zero attached hydrogens (tertiary/aromatic N) is 2. The number of hydrogen-bond donors (Lipinski definition) is 1. The SMILES string of the molecule is Cc1ccccc1[C@H]1CCN(CCNC(=O)c2cc(C(C)C)on2)C1. The minimum absolute atomic E-state index is 0.162. The van der Waals surface area contributed by atoms with Crippen LogP contribution in [0.2, 0.25) is 0 Å². The van der Waals surface area contributed by atoms with Crippen molar-refractivity contribution >= 4 is 5.91 Å². The Bertz CT molecular complexity index is 723. The van der Waals surface area contributed by atoms with E-state index in [4.69, 9.17) is 4.52 Å². The van der Waals surface area contributed by atoms with Gasteiger partial charge in [0.1, 0.15) is 5.76 Å². The van der Waals surface area contributed by atoms with Crippen LogP contribution in [0.4, 0.5) is 0 Å². The van der Waals surface area contributed by atoms with Crippen molar-refractivity contribution in [1.82, 2.24) is 15.4 Å². The molecule has 1 fully saturated rings. The second-order valence-corrected chi connectivity index (χ2v) is 7.17. The van der Waals surface area contributed by atoms with Gasteiger partial charge in [-0.15, -0.1) is 0 Å². The number of benzene rings is 1. The summed E-state index contributed by atoms with van der Waals surface area (Å²) in [5.74, 6) is 1.41. The summed E-state index contributed by atoms with van der Waals surface area (Å²) in [6, 6.07) is 10.4. The molecule has 25 heavy (non-hydrogen) atoms. The predicted octanol–water partition coefficient (Wildman–Crippen LogP) is 3.33. The Morgan fingerprint density at radius 3 is 2.92 bits per heavy atom. The molecule has 1 aliphatic rings. The van der Waals surface area contributed by atoms with Crippen molar-refractivity contribution in [2.24, 2.45) is 0 Å². The highest BCUT2D eigenvalue weighted by Crippen LogP contribution is 2.28. The van der Waals surface area contributed by atoms with E-state index < -0.39 is 0 Å². The van der Waals surface area contributed by atoms with Gasteiger partial charge >= 0.3 is 0 Å². The van der Waals surface area contributed by atoms with E-state index in [0.717, 1.165) is 25.4 Å². The second kappa shape index (κ2) is 7.83. The smallest absolute Gasteiger partial charge is 0.273 e. The van der Waals surface area contributed by atoms with Gasteiger partial charge in [-0.05, 0) is 36.9 Å². The molecule has 0 aliphatic carbocycles. The van der Waals surface area contributed by atoms with E-state index in [-0.39, 0.29) is 11.8 Å². The zero-order valence-electron chi connectivity index (χ0n) is 15.3. The number of hydrogen-bond acceptors (Lipinski definition) is 4. The Hall–Kier alpha value is -2.14. The molecule has 3 rings (SSSR count). The van der Waals surface area contributed by atoms with E-state index in [1.54, 1.807) is 6.07 Å². The number of aryl methyl sites for hydroxylation is 1. The Morgan fingerprint density at radius 1 is 1.40 bits per heavy atom. The van der Waals surface area contributed by atoms with Crippen molar-refractivity contribution in [3.63, 3.8) is 0 Å². The van der Waals surface area contributed by atoms with Crippen molar-refractivity contribution in [3.05, 3.63) is 52.9 Å². The largest absolute Gasteiger partial charge is 0.360 e. The first kappa shape index (κ1) is 17.7. The zero-order chi connectivity index (χ0) is 17.8. The lowest BCUT2D eigenvalue weighted by atomic mass is 9.94. The van der Waals surface area contributed by atoms with Crippen LogP contribution in [0.5, 0.6) is 0 Å². The Labute approximate surface area is 149 Å². The summed E-state index contributed by atoms with van der Waals surface area (Å²) in [6.45, 7) is 9.84. The number of aromatic nitrogens is 1. The van der Waals surface area contributed by atoms with Crippen molar-refractivity contribution in [1.29, 1.82) is 0 Å². The van der Waals surface area contributed by atoms with Gasteiger partial charge in [0.25, 0.3) is 5.91 Å². The molecule has 0 spiro atoms. The van der Waals surface area contributed by atoms with Crippen LogP contribution in [0.3, 0.4) is 0 Å². The van der Waals surface area contributed by atoms with Gasteiger partial charge in [-0.3, -0.25) is 4.79 Å². The summed E-state index contributed by atoms with van der Waals surface area (Å²) < 4.78 is 5.18. The number of amides is 1. The van der Waals surface area contributed by atoms with Crippen molar-refractivity contribution < 1.29 is 9.32 Å². The molecule has 1 saturated heterocycles. The zero-order valence-corrected chi connectivity index (χ0v) is 15.3. The third kappa shape index (κ3) is 4.28. The Morgan fingerprint density at radius 2 is 2.20 bits per heavy atom. The average molecular weight is 341 g/mol. The normalized spacial score (nSPS) is 18.0. The lowest BCUT2D eigenvalue weighted by Crippen LogP contribution is -2.34. The van der Waals surface area contributed by atoms with Crippen LogP contribution in [-0.2, 0) is 0 Å². The maximum Gasteiger partial charge on any atom is 0.273 e. The summed E-state index contributed by atoms with van der Waals surface area (Å²) in [5.41, 5.74) is 3.19. The molecule has 0 bridgehead atoms. The Kier molecular flexibility index (Phi) is 5.53. The summed E-state index contributed by atoms with van der Waals surface area (Å²) in [5, 5.41) is 6.79. The summed E-state index contributed by atoms with van der Waals surface area (Å²) in [4.78, 5) is 14.5. The van der Waals surface area contributed by atoms with E-state index in [2.05, 4.69) is 46.6 Å². The van der Waals surface area contributed by atoms with Gasteiger partial charge in [0, 0.05) is 31.6 Å². The lowest BCUT2D eigenvalue weighted by Gasteiger charge is -2.17. The van der Waals surface area contributed by atoms with Crippen LogP contribution in [-0.4, -0.2) is 42.1 Å². The first-order valence-corrected chi connectivity index (χ1v) is 9.07. The molecule has 2 heterocycles. The Balaban J connectivity index is 1.45. The van der Waals surface area contributed by atoms with Crippen LogP contribution in [0.15, 0.2) is 34.9 Å². The highest BCUT2D eigenvalue weighted by atomic mass is 16.5. The molecule has 1 aliphatic heterocycles. The molecule has 1 N–H and O–H groups in total. The molecule has 5 nitrogen and oxygen atoms in total. The lowest BCUT2D eigenvalue weighted by molar-refractivity contribution is 0.0940. The van der Waals surface area contributed by atoms with Gasteiger partial charge < -0.3 is 14.7 Å². The number of carbonyl (C=O) groups is 1. The summed E-state index contributed by atoms with van der Waals surface area (Å²) >= 11 is 0. The van der Waals surface area contributed by atoms with E-state index in [1.165, 1.54) is 17.5 Å². The van der Waals surface area contributed by atoms with Gasteiger partial charge in [-0.2, -0.15) is 0 Å². The van der Waals surface area contributed by atoms with Gasteiger partial charge in [0.15, 0.2) is 5.69 Å². The predicted molar refractivity (Wildman–Crippen MR) is 97.9 cm³/mol. The fraction of sp³-hybridized carbons (Fsp3) is 0.500. The van der Waals surface area contributed by atoms with E-state index >= 15 is 0 Å². The monoisotopic (exact) mass is 341 g/mol. The number of nitrogens with one attached hydrogen (secondary N) is 1. The van der Waals surface area contributed by atoms with Gasteiger partial charge in [0.05, 0.1) is 0 Å². The van der Waals surface area contributed by atoms with Crippen LogP contribution in [0.1, 0.15) is 59.5 Å². The first-order valence-electron chi connectivity index (χ1n) is 9.07. The number of likely N-dealkylation sites (tertiary alicyclic amines) is 1. The molecule has 0 saturated carbocycles. The summed E-state index contributed by atoms with van der Waals surface area (Å²) in [6.07, 6.45) is 1.18.